The molecule has 20 heavy (non-hydrogen) atoms. The van der Waals surface area contributed by atoms with Gasteiger partial charge in [0.15, 0.2) is 4.96 Å². The largest absolute Gasteiger partial charge is 0.497 e. The van der Waals surface area contributed by atoms with E-state index in [0.717, 1.165) is 27.7 Å². The van der Waals surface area contributed by atoms with Gasteiger partial charge in [-0.25, -0.2) is 4.98 Å². The standard InChI is InChI=1S/C14H13N3O2S/c1-8-12(13(15)18)20-14-16-11(7-17(8)14)9-3-5-10(19-2)6-4-9/h3-7H,1-2H3,(H2,15,18). The van der Waals surface area contributed by atoms with Crippen molar-refractivity contribution in [1.82, 2.24) is 9.38 Å². The summed E-state index contributed by atoms with van der Waals surface area (Å²) in [5.41, 5.74) is 8.02. The summed E-state index contributed by atoms with van der Waals surface area (Å²) in [6.07, 6.45) is 1.91. The van der Waals surface area contributed by atoms with Crippen LogP contribution in [-0.2, 0) is 0 Å². The van der Waals surface area contributed by atoms with Crippen molar-refractivity contribution in [2.45, 2.75) is 6.92 Å². The molecule has 2 aromatic heterocycles. The number of hydrogen-bond acceptors (Lipinski definition) is 4. The molecule has 0 unspecified atom stereocenters. The fourth-order valence-corrected chi connectivity index (χ4v) is 3.04. The number of carbonyl (C=O) groups is 1. The first-order valence-electron chi connectivity index (χ1n) is 6.03. The molecule has 2 N–H and O–H groups in total. The van der Waals surface area contributed by atoms with Gasteiger partial charge in [0.25, 0.3) is 5.91 Å². The monoisotopic (exact) mass is 287 g/mol. The Kier molecular flexibility index (Phi) is 2.94. The molecule has 2 heterocycles. The highest BCUT2D eigenvalue weighted by atomic mass is 32.1. The van der Waals surface area contributed by atoms with Gasteiger partial charge in [-0.2, -0.15) is 0 Å². The van der Waals surface area contributed by atoms with Gasteiger partial charge in [0.1, 0.15) is 10.6 Å². The summed E-state index contributed by atoms with van der Waals surface area (Å²) in [5.74, 6) is 0.394. The first kappa shape index (κ1) is 12.7. The first-order chi connectivity index (χ1) is 9.60. The number of rotatable bonds is 3. The Morgan fingerprint density at radius 2 is 2.05 bits per heavy atom. The van der Waals surface area contributed by atoms with Crippen LogP contribution in [0.25, 0.3) is 16.2 Å². The van der Waals surface area contributed by atoms with E-state index in [9.17, 15) is 4.79 Å². The van der Waals surface area contributed by atoms with Crippen LogP contribution >= 0.6 is 11.3 Å². The van der Waals surface area contributed by atoms with Crippen molar-refractivity contribution < 1.29 is 9.53 Å². The summed E-state index contributed by atoms with van der Waals surface area (Å²) in [4.78, 5) is 17.1. The number of ether oxygens (including phenoxy) is 1. The highest BCUT2D eigenvalue weighted by Gasteiger charge is 2.15. The van der Waals surface area contributed by atoms with Crippen molar-refractivity contribution in [2.24, 2.45) is 5.73 Å². The minimum Gasteiger partial charge on any atom is -0.497 e. The van der Waals surface area contributed by atoms with E-state index in [2.05, 4.69) is 4.98 Å². The summed E-state index contributed by atoms with van der Waals surface area (Å²) in [6.45, 7) is 1.86. The summed E-state index contributed by atoms with van der Waals surface area (Å²) >= 11 is 1.31. The lowest BCUT2D eigenvalue weighted by Crippen LogP contribution is -2.10. The maximum atomic E-state index is 11.3. The number of benzene rings is 1. The second-order valence-corrected chi connectivity index (χ2v) is 5.37. The number of primary amides is 1. The number of thiazole rings is 1. The number of aryl methyl sites for hydroxylation is 1. The Labute approximate surface area is 119 Å². The molecule has 5 nitrogen and oxygen atoms in total. The van der Waals surface area contributed by atoms with E-state index in [1.54, 1.807) is 7.11 Å². The van der Waals surface area contributed by atoms with Crippen molar-refractivity contribution in [3.8, 4) is 17.0 Å². The molecule has 0 radical (unpaired) electrons. The van der Waals surface area contributed by atoms with Crippen molar-refractivity contribution >= 4 is 22.2 Å². The normalized spacial score (nSPS) is 10.9. The summed E-state index contributed by atoms with van der Waals surface area (Å²) in [5, 5.41) is 0. The average molecular weight is 287 g/mol. The lowest BCUT2D eigenvalue weighted by Gasteiger charge is -2.00. The molecule has 0 saturated carbocycles. The van der Waals surface area contributed by atoms with Crippen LogP contribution in [0.4, 0.5) is 0 Å². The molecule has 102 valence electrons. The minimum atomic E-state index is -0.413. The molecule has 1 aromatic carbocycles. The summed E-state index contributed by atoms with van der Waals surface area (Å²) in [7, 11) is 1.64. The highest BCUT2D eigenvalue weighted by Crippen LogP contribution is 2.27. The maximum absolute atomic E-state index is 11.3. The van der Waals surface area contributed by atoms with Crippen molar-refractivity contribution in [1.29, 1.82) is 0 Å². The molecule has 0 bridgehead atoms. The summed E-state index contributed by atoms with van der Waals surface area (Å²) in [6, 6.07) is 7.69. The molecular formula is C14H13N3O2S. The van der Waals surface area contributed by atoms with Gasteiger partial charge in [-0.1, -0.05) is 11.3 Å². The second kappa shape index (κ2) is 4.64. The van der Waals surface area contributed by atoms with E-state index in [1.165, 1.54) is 11.3 Å². The SMILES string of the molecule is COc1ccc(-c2cn3c(C)c(C(N)=O)sc3n2)cc1. The minimum absolute atomic E-state index is 0.413. The maximum Gasteiger partial charge on any atom is 0.260 e. The van der Waals surface area contributed by atoms with Gasteiger partial charge in [-0.3, -0.25) is 9.20 Å². The Morgan fingerprint density at radius 3 is 2.60 bits per heavy atom. The number of carbonyl (C=O) groups excluding carboxylic acids is 1. The van der Waals surface area contributed by atoms with Crippen LogP contribution in [0.15, 0.2) is 30.5 Å². The van der Waals surface area contributed by atoms with Gasteiger partial charge in [0.05, 0.1) is 12.8 Å². The topological polar surface area (TPSA) is 69.6 Å². The highest BCUT2D eigenvalue weighted by molar-refractivity contribution is 7.19. The predicted octanol–water partition coefficient (Wildman–Crippen LogP) is 2.48. The number of aromatic nitrogens is 2. The predicted molar refractivity (Wildman–Crippen MR) is 78.3 cm³/mol. The zero-order valence-corrected chi connectivity index (χ0v) is 11.9. The number of amides is 1. The van der Waals surface area contributed by atoms with E-state index in [1.807, 2.05) is 41.8 Å². The number of imidazole rings is 1. The van der Waals surface area contributed by atoms with Crippen molar-refractivity contribution in [3.63, 3.8) is 0 Å². The van der Waals surface area contributed by atoms with Crippen LogP contribution in [0, 0.1) is 6.92 Å². The molecule has 3 aromatic rings. The van der Waals surface area contributed by atoms with Gasteiger partial charge in [-0.15, -0.1) is 0 Å². The van der Waals surface area contributed by atoms with E-state index >= 15 is 0 Å². The molecule has 0 aliphatic heterocycles. The van der Waals surface area contributed by atoms with Gasteiger partial charge in [-0.05, 0) is 31.2 Å². The van der Waals surface area contributed by atoms with E-state index in [4.69, 9.17) is 10.5 Å². The summed E-state index contributed by atoms with van der Waals surface area (Å²) < 4.78 is 7.03. The smallest absolute Gasteiger partial charge is 0.260 e. The molecular weight excluding hydrogens is 274 g/mol. The van der Waals surface area contributed by atoms with Crippen LogP contribution in [0.1, 0.15) is 15.4 Å². The van der Waals surface area contributed by atoms with E-state index < -0.39 is 5.91 Å². The number of hydrogen-bond donors (Lipinski definition) is 1. The lowest BCUT2D eigenvalue weighted by atomic mass is 10.2. The van der Waals surface area contributed by atoms with Crippen molar-refractivity contribution in [2.75, 3.05) is 7.11 Å². The van der Waals surface area contributed by atoms with Gasteiger partial charge < -0.3 is 10.5 Å². The molecule has 1 amide bonds. The number of methoxy groups -OCH3 is 1. The Morgan fingerprint density at radius 1 is 1.35 bits per heavy atom. The number of nitrogens with two attached hydrogens (primary N) is 1. The molecule has 0 spiro atoms. The molecule has 3 rings (SSSR count). The van der Waals surface area contributed by atoms with Gasteiger partial charge in [0.2, 0.25) is 0 Å². The molecule has 0 saturated heterocycles. The van der Waals surface area contributed by atoms with Crippen LogP contribution in [0.5, 0.6) is 5.75 Å². The first-order valence-corrected chi connectivity index (χ1v) is 6.84. The van der Waals surface area contributed by atoms with Crippen molar-refractivity contribution in [3.05, 3.63) is 41.0 Å². The Balaban J connectivity index is 2.06. The molecule has 0 aliphatic rings. The Bertz CT molecular complexity index is 787. The molecule has 0 fully saturated rings. The quantitative estimate of drug-likeness (QED) is 0.804. The second-order valence-electron chi connectivity index (χ2n) is 4.39. The fourth-order valence-electron chi connectivity index (χ4n) is 2.08. The third-order valence-electron chi connectivity index (χ3n) is 3.17. The third kappa shape index (κ3) is 1.94. The molecule has 0 aliphatic carbocycles. The van der Waals surface area contributed by atoms with Gasteiger partial charge >= 0.3 is 0 Å². The number of nitrogens with zero attached hydrogens (tertiary/aromatic N) is 2. The van der Waals surface area contributed by atoms with E-state index in [-0.39, 0.29) is 0 Å². The zero-order valence-electron chi connectivity index (χ0n) is 11.1. The number of fused-ring (bicyclic) bond motifs is 1. The third-order valence-corrected chi connectivity index (χ3v) is 4.34. The van der Waals surface area contributed by atoms with Crippen LogP contribution < -0.4 is 10.5 Å². The van der Waals surface area contributed by atoms with Crippen LogP contribution in [0.2, 0.25) is 0 Å². The Hall–Kier alpha value is -2.34. The van der Waals surface area contributed by atoms with Crippen LogP contribution in [0.3, 0.4) is 0 Å². The lowest BCUT2D eigenvalue weighted by molar-refractivity contribution is 0.100. The fraction of sp³-hybridized carbons (Fsp3) is 0.143. The van der Waals surface area contributed by atoms with E-state index in [0.29, 0.717) is 4.88 Å². The van der Waals surface area contributed by atoms with Crippen LogP contribution in [-0.4, -0.2) is 22.4 Å². The zero-order chi connectivity index (χ0) is 14.3. The molecule has 0 atom stereocenters. The molecule has 6 heteroatoms. The van der Waals surface area contributed by atoms with Gasteiger partial charge in [0, 0.05) is 17.5 Å². The average Bonchev–Trinajstić information content (AvgIpc) is 2.99.